The number of nitrogens with one attached hydrogen (secondary N) is 2. The first kappa shape index (κ1) is 16.5. The van der Waals surface area contributed by atoms with E-state index in [1.807, 2.05) is 24.3 Å². The Kier molecular flexibility index (Phi) is 5.72. The molecule has 1 aromatic carbocycles. The van der Waals surface area contributed by atoms with E-state index in [-0.39, 0.29) is 6.10 Å². The van der Waals surface area contributed by atoms with E-state index < -0.39 is 6.10 Å². The van der Waals surface area contributed by atoms with Gasteiger partial charge >= 0.3 is 0 Å². The highest BCUT2D eigenvalue weighted by Gasteiger charge is 2.24. The first-order valence-electron chi connectivity index (χ1n) is 8.50. The first-order chi connectivity index (χ1) is 11.2. The molecule has 0 bridgehead atoms. The van der Waals surface area contributed by atoms with Crippen LogP contribution >= 0.6 is 0 Å². The third kappa shape index (κ3) is 4.81. The molecule has 2 atom stereocenters. The molecule has 2 aliphatic rings. The third-order valence-corrected chi connectivity index (χ3v) is 4.52. The monoisotopic (exact) mass is 324 g/mol. The van der Waals surface area contributed by atoms with Crippen molar-refractivity contribution in [3.05, 3.63) is 24.3 Å². The lowest BCUT2D eigenvalue weighted by Gasteiger charge is -2.29. The molecule has 6 nitrogen and oxygen atoms in total. The summed E-state index contributed by atoms with van der Waals surface area (Å²) in [5.41, 5.74) is 0. The van der Waals surface area contributed by atoms with Gasteiger partial charge in [0.2, 0.25) is 0 Å². The van der Waals surface area contributed by atoms with Crippen molar-refractivity contribution in [2.24, 2.45) is 0 Å². The van der Waals surface area contributed by atoms with Crippen molar-refractivity contribution in [2.75, 3.05) is 59.6 Å². The topological polar surface area (TPSA) is 56.8 Å². The molecule has 0 radical (unpaired) electrons. The molecule has 2 aliphatic heterocycles. The summed E-state index contributed by atoms with van der Waals surface area (Å²) in [4.78, 5) is 3.05. The fourth-order valence-electron chi connectivity index (χ4n) is 3.11. The van der Waals surface area contributed by atoms with E-state index in [0.717, 1.165) is 31.1 Å². The summed E-state index contributed by atoms with van der Waals surface area (Å²) >= 11 is 0. The second-order valence-electron chi connectivity index (χ2n) is 6.60. The third-order valence-electron chi connectivity index (χ3n) is 4.52. The molecule has 23 heavy (non-hydrogen) atoms. The zero-order valence-electron chi connectivity index (χ0n) is 13.8. The number of para-hydroxylation sites is 2. The number of aliphatic hydroxyl groups excluding tert-OH is 1. The molecule has 0 amide bonds. The van der Waals surface area contributed by atoms with Gasteiger partial charge in [-0.05, 0) is 12.1 Å². The molecule has 128 valence electrons. The number of piperazine rings is 1. The minimum atomic E-state index is -0.416. The van der Waals surface area contributed by atoms with Gasteiger partial charge in [-0.1, -0.05) is 12.1 Å². The number of likely N-dealkylation sites (N-methyl/N-ethyl adjacent to an activating group) is 1. The van der Waals surface area contributed by atoms with Gasteiger partial charge in [0.1, 0.15) is 45.4 Å². The van der Waals surface area contributed by atoms with Gasteiger partial charge in [0.05, 0.1) is 20.3 Å². The maximum atomic E-state index is 10.1. The van der Waals surface area contributed by atoms with Crippen molar-refractivity contribution in [1.29, 1.82) is 0 Å². The van der Waals surface area contributed by atoms with Gasteiger partial charge in [0, 0.05) is 0 Å². The molecule has 0 aliphatic carbocycles. The molecule has 1 fully saturated rings. The number of rotatable bonds is 6. The average Bonchev–Trinajstić information content (AvgIpc) is 2.57. The largest absolute Gasteiger partial charge is 0.486 e. The van der Waals surface area contributed by atoms with Gasteiger partial charge in [-0.3, -0.25) is 0 Å². The van der Waals surface area contributed by atoms with Crippen molar-refractivity contribution in [2.45, 2.75) is 12.2 Å². The predicted octanol–water partition coefficient (Wildman–Crippen LogP) is -2.38. The van der Waals surface area contributed by atoms with E-state index in [0.29, 0.717) is 19.8 Å². The molecule has 1 aromatic rings. The highest BCUT2D eigenvalue weighted by Crippen LogP contribution is 2.30. The van der Waals surface area contributed by atoms with Crippen LogP contribution in [0.5, 0.6) is 11.5 Å². The van der Waals surface area contributed by atoms with Crippen LogP contribution in [-0.2, 0) is 4.74 Å². The van der Waals surface area contributed by atoms with E-state index >= 15 is 0 Å². The highest BCUT2D eigenvalue weighted by molar-refractivity contribution is 5.40. The van der Waals surface area contributed by atoms with Crippen LogP contribution in [0.15, 0.2) is 24.3 Å². The maximum absolute atomic E-state index is 10.1. The lowest BCUT2D eigenvalue weighted by Crippen LogP contribution is -3.27. The van der Waals surface area contributed by atoms with Crippen molar-refractivity contribution >= 4 is 0 Å². The molecule has 3 rings (SSSR count). The molecule has 1 saturated heterocycles. The zero-order chi connectivity index (χ0) is 16.1. The number of ether oxygens (including phenoxy) is 3. The second kappa shape index (κ2) is 7.97. The van der Waals surface area contributed by atoms with Gasteiger partial charge in [-0.2, -0.15) is 0 Å². The zero-order valence-corrected chi connectivity index (χ0v) is 13.8. The van der Waals surface area contributed by atoms with E-state index in [2.05, 4.69) is 7.05 Å². The molecule has 2 heterocycles. The molecular weight excluding hydrogens is 296 g/mol. The average molecular weight is 324 g/mol. The maximum Gasteiger partial charge on any atom is 0.161 e. The quantitative estimate of drug-likeness (QED) is 0.547. The van der Waals surface area contributed by atoms with E-state index in [9.17, 15) is 5.11 Å². The Morgan fingerprint density at radius 1 is 1.22 bits per heavy atom. The van der Waals surface area contributed by atoms with Crippen LogP contribution in [0.4, 0.5) is 0 Å². The van der Waals surface area contributed by atoms with Gasteiger partial charge < -0.3 is 29.1 Å². The van der Waals surface area contributed by atoms with E-state index in [1.165, 1.54) is 18.0 Å². The Balaban J connectivity index is 1.34. The summed E-state index contributed by atoms with van der Waals surface area (Å²) in [5.74, 6) is 1.54. The summed E-state index contributed by atoms with van der Waals surface area (Å²) in [6.07, 6.45) is -0.531. The SMILES string of the molecule is C[NH+]1CC[NH+](CC(O)COCC2COc3ccccc3O2)CC1. The fourth-order valence-corrected chi connectivity index (χ4v) is 3.11. The van der Waals surface area contributed by atoms with Gasteiger partial charge in [-0.15, -0.1) is 0 Å². The summed E-state index contributed by atoms with van der Waals surface area (Å²) in [7, 11) is 2.22. The van der Waals surface area contributed by atoms with Gasteiger partial charge in [-0.25, -0.2) is 0 Å². The number of benzene rings is 1. The van der Waals surface area contributed by atoms with Crippen molar-refractivity contribution in [3.63, 3.8) is 0 Å². The smallest absolute Gasteiger partial charge is 0.161 e. The van der Waals surface area contributed by atoms with Gasteiger partial charge in [0.15, 0.2) is 17.6 Å². The second-order valence-corrected chi connectivity index (χ2v) is 6.60. The molecule has 0 saturated carbocycles. The van der Waals surface area contributed by atoms with Crippen LogP contribution in [0.3, 0.4) is 0 Å². The molecule has 0 aromatic heterocycles. The van der Waals surface area contributed by atoms with Crippen LogP contribution in [0.25, 0.3) is 0 Å². The van der Waals surface area contributed by atoms with Crippen molar-refractivity contribution in [1.82, 2.24) is 0 Å². The lowest BCUT2D eigenvalue weighted by atomic mass is 10.2. The minimum Gasteiger partial charge on any atom is -0.486 e. The number of fused-ring (bicyclic) bond motifs is 1. The molecule has 0 spiro atoms. The summed E-state index contributed by atoms with van der Waals surface area (Å²) in [5, 5.41) is 10.1. The normalized spacial score (nSPS) is 28.3. The van der Waals surface area contributed by atoms with Crippen LogP contribution < -0.4 is 19.3 Å². The number of quaternary nitrogens is 2. The summed E-state index contributed by atoms with van der Waals surface area (Å²) in [6, 6.07) is 7.65. The minimum absolute atomic E-state index is 0.114. The Hall–Kier alpha value is -1.34. The van der Waals surface area contributed by atoms with Crippen LogP contribution in [0.1, 0.15) is 0 Å². The molecule has 6 heteroatoms. The number of hydrogen-bond donors (Lipinski definition) is 3. The first-order valence-corrected chi connectivity index (χ1v) is 8.50. The Labute approximate surface area is 137 Å². The summed E-state index contributed by atoms with van der Waals surface area (Å²) < 4.78 is 17.1. The van der Waals surface area contributed by atoms with E-state index in [1.54, 1.807) is 4.90 Å². The Morgan fingerprint density at radius 2 is 1.96 bits per heavy atom. The summed E-state index contributed by atoms with van der Waals surface area (Å²) in [6.45, 7) is 6.64. The van der Waals surface area contributed by atoms with Crippen molar-refractivity contribution < 1.29 is 29.1 Å². The van der Waals surface area contributed by atoms with Crippen LogP contribution in [0.2, 0.25) is 0 Å². The highest BCUT2D eigenvalue weighted by atomic mass is 16.6. The molecule has 2 unspecified atom stereocenters. The van der Waals surface area contributed by atoms with Crippen LogP contribution in [0, 0.1) is 0 Å². The van der Waals surface area contributed by atoms with E-state index in [4.69, 9.17) is 14.2 Å². The Bertz CT molecular complexity index is 491. The molecule has 3 N–H and O–H groups in total. The Morgan fingerprint density at radius 3 is 2.74 bits per heavy atom. The van der Waals surface area contributed by atoms with Crippen LogP contribution in [-0.4, -0.2) is 76.9 Å². The standard InChI is InChI=1S/C17H26N2O4/c1-18-6-8-19(9-7-18)10-14(20)11-21-12-15-13-22-16-4-2-3-5-17(16)23-15/h2-5,14-15,20H,6-13H2,1H3/p+2. The van der Waals surface area contributed by atoms with Crippen molar-refractivity contribution in [3.8, 4) is 11.5 Å². The number of hydrogen-bond acceptors (Lipinski definition) is 4. The predicted molar refractivity (Wildman–Crippen MR) is 85.4 cm³/mol. The number of aliphatic hydroxyl groups is 1. The fraction of sp³-hybridized carbons (Fsp3) is 0.647. The van der Waals surface area contributed by atoms with Gasteiger partial charge in [0.25, 0.3) is 0 Å². The lowest BCUT2D eigenvalue weighted by molar-refractivity contribution is -1.00. The molecular formula is C17H28N2O4+2.